The number of anilines is 1. The Bertz CT molecular complexity index is 883. The minimum Gasteiger partial charge on any atom is -0.352 e. The van der Waals surface area contributed by atoms with Crippen molar-refractivity contribution in [3.05, 3.63) is 72.3 Å². The Morgan fingerprint density at radius 2 is 1.59 bits per heavy atom. The minimum absolute atomic E-state index is 0.104. The SMILES string of the molecule is C[C@@H](C(=O)N1CCN(c2cc(-c3ccccc3)[nH]n2)CC1)c1ccccc1. The Kier molecular flexibility index (Phi) is 4.92. The lowest BCUT2D eigenvalue weighted by molar-refractivity contribution is -0.132. The average Bonchev–Trinajstić information content (AvgIpc) is 3.24. The lowest BCUT2D eigenvalue weighted by Crippen LogP contribution is -2.50. The number of benzene rings is 2. The van der Waals surface area contributed by atoms with Gasteiger partial charge in [-0.25, -0.2) is 0 Å². The Morgan fingerprint density at radius 3 is 2.26 bits per heavy atom. The van der Waals surface area contributed by atoms with Crippen LogP contribution in [0.3, 0.4) is 0 Å². The molecule has 0 unspecified atom stereocenters. The van der Waals surface area contributed by atoms with E-state index in [2.05, 4.69) is 33.3 Å². The fraction of sp³-hybridized carbons (Fsp3) is 0.273. The molecule has 1 aliphatic rings. The van der Waals surface area contributed by atoms with Gasteiger partial charge in [-0.3, -0.25) is 9.89 Å². The van der Waals surface area contributed by atoms with Crippen molar-refractivity contribution in [2.75, 3.05) is 31.1 Å². The number of hydrogen-bond acceptors (Lipinski definition) is 3. The molecule has 27 heavy (non-hydrogen) atoms. The smallest absolute Gasteiger partial charge is 0.229 e. The molecule has 1 atom stereocenters. The summed E-state index contributed by atoms with van der Waals surface area (Å²) >= 11 is 0. The van der Waals surface area contributed by atoms with Crippen molar-refractivity contribution in [1.82, 2.24) is 15.1 Å². The van der Waals surface area contributed by atoms with Crippen LogP contribution in [0.4, 0.5) is 5.82 Å². The van der Waals surface area contributed by atoms with Crippen molar-refractivity contribution in [2.24, 2.45) is 0 Å². The molecule has 2 heterocycles. The molecule has 5 heteroatoms. The number of rotatable bonds is 4. The number of H-pyrrole nitrogens is 1. The van der Waals surface area contributed by atoms with Crippen molar-refractivity contribution in [3.8, 4) is 11.3 Å². The molecule has 0 radical (unpaired) electrons. The van der Waals surface area contributed by atoms with Crippen molar-refractivity contribution >= 4 is 11.7 Å². The third kappa shape index (κ3) is 3.72. The molecule has 4 rings (SSSR count). The fourth-order valence-corrected chi connectivity index (χ4v) is 3.55. The molecule has 1 N–H and O–H groups in total. The van der Waals surface area contributed by atoms with Gasteiger partial charge in [0.1, 0.15) is 0 Å². The molecular weight excluding hydrogens is 336 g/mol. The Labute approximate surface area is 159 Å². The third-order valence-corrected chi connectivity index (χ3v) is 5.23. The van der Waals surface area contributed by atoms with E-state index in [9.17, 15) is 4.79 Å². The molecule has 138 valence electrons. The summed E-state index contributed by atoms with van der Waals surface area (Å²) in [5.74, 6) is 1.04. The highest BCUT2D eigenvalue weighted by molar-refractivity contribution is 5.83. The van der Waals surface area contributed by atoms with E-state index in [-0.39, 0.29) is 11.8 Å². The predicted octanol–water partition coefficient (Wildman–Crippen LogP) is 3.53. The van der Waals surface area contributed by atoms with Crippen LogP contribution in [-0.2, 0) is 4.79 Å². The van der Waals surface area contributed by atoms with E-state index in [1.807, 2.05) is 60.4 Å². The lowest BCUT2D eigenvalue weighted by atomic mass is 9.99. The Balaban J connectivity index is 1.38. The zero-order valence-corrected chi connectivity index (χ0v) is 15.5. The summed E-state index contributed by atoms with van der Waals surface area (Å²) in [5.41, 5.74) is 3.22. The van der Waals surface area contributed by atoms with Gasteiger partial charge < -0.3 is 9.80 Å². The van der Waals surface area contributed by atoms with E-state index in [1.54, 1.807) is 0 Å². The first kappa shape index (κ1) is 17.3. The molecule has 2 aromatic carbocycles. The number of nitrogens with one attached hydrogen (secondary N) is 1. The molecule has 1 amide bonds. The normalized spacial score (nSPS) is 15.6. The summed E-state index contributed by atoms with van der Waals surface area (Å²) in [6.07, 6.45) is 0. The van der Waals surface area contributed by atoms with Gasteiger partial charge >= 0.3 is 0 Å². The van der Waals surface area contributed by atoms with Gasteiger partial charge in [-0.05, 0) is 18.1 Å². The monoisotopic (exact) mass is 360 g/mol. The molecule has 0 aliphatic carbocycles. The quantitative estimate of drug-likeness (QED) is 0.774. The second kappa shape index (κ2) is 7.66. The number of hydrogen-bond donors (Lipinski definition) is 1. The van der Waals surface area contributed by atoms with E-state index < -0.39 is 0 Å². The third-order valence-electron chi connectivity index (χ3n) is 5.23. The first-order valence-electron chi connectivity index (χ1n) is 9.42. The highest BCUT2D eigenvalue weighted by Gasteiger charge is 2.26. The van der Waals surface area contributed by atoms with Gasteiger partial charge in [-0.15, -0.1) is 0 Å². The van der Waals surface area contributed by atoms with Gasteiger partial charge in [0.25, 0.3) is 0 Å². The minimum atomic E-state index is -0.104. The summed E-state index contributed by atoms with van der Waals surface area (Å²) in [7, 11) is 0. The second-order valence-electron chi connectivity index (χ2n) is 6.95. The number of aromatic nitrogens is 2. The topological polar surface area (TPSA) is 52.2 Å². The van der Waals surface area contributed by atoms with Gasteiger partial charge in [0.15, 0.2) is 5.82 Å². The van der Waals surface area contributed by atoms with Crippen LogP contribution in [0.1, 0.15) is 18.4 Å². The number of carbonyl (C=O) groups excluding carboxylic acids is 1. The van der Waals surface area contributed by atoms with Gasteiger partial charge in [0, 0.05) is 32.2 Å². The summed E-state index contributed by atoms with van der Waals surface area (Å²) in [6, 6.07) is 22.3. The summed E-state index contributed by atoms with van der Waals surface area (Å²) in [5, 5.41) is 7.59. The van der Waals surface area contributed by atoms with E-state index >= 15 is 0 Å². The van der Waals surface area contributed by atoms with E-state index in [0.717, 1.165) is 48.8 Å². The summed E-state index contributed by atoms with van der Waals surface area (Å²) in [4.78, 5) is 17.0. The number of piperazine rings is 1. The van der Waals surface area contributed by atoms with Gasteiger partial charge in [0.2, 0.25) is 5.91 Å². The van der Waals surface area contributed by atoms with E-state index in [1.165, 1.54) is 0 Å². The molecule has 0 spiro atoms. The summed E-state index contributed by atoms with van der Waals surface area (Å²) < 4.78 is 0. The first-order chi connectivity index (χ1) is 13.2. The van der Waals surface area contributed by atoms with Crippen LogP contribution in [0.25, 0.3) is 11.3 Å². The highest BCUT2D eigenvalue weighted by atomic mass is 16.2. The van der Waals surface area contributed by atoms with Crippen molar-refractivity contribution < 1.29 is 4.79 Å². The highest BCUT2D eigenvalue weighted by Crippen LogP contribution is 2.23. The maximum Gasteiger partial charge on any atom is 0.229 e. The van der Waals surface area contributed by atoms with Crippen LogP contribution >= 0.6 is 0 Å². The predicted molar refractivity (Wildman–Crippen MR) is 108 cm³/mol. The lowest BCUT2D eigenvalue weighted by Gasteiger charge is -2.36. The van der Waals surface area contributed by atoms with Gasteiger partial charge in [0.05, 0.1) is 11.6 Å². The molecule has 0 saturated carbocycles. The first-order valence-corrected chi connectivity index (χ1v) is 9.42. The van der Waals surface area contributed by atoms with Crippen LogP contribution in [0.2, 0.25) is 0 Å². The summed E-state index contributed by atoms with van der Waals surface area (Å²) in [6.45, 7) is 5.04. The number of carbonyl (C=O) groups is 1. The fourth-order valence-electron chi connectivity index (χ4n) is 3.55. The molecule has 1 aromatic heterocycles. The molecule has 0 bridgehead atoms. The molecule has 1 saturated heterocycles. The van der Waals surface area contributed by atoms with E-state index in [4.69, 9.17) is 0 Å². The number of nitrogens with zero attached hydrogens (tertiary/aromatic N) is 3. The van der Waals surface area contributed by atoms with Crippen molar-refractivity contribution in [1.29, 1.82) is 0 Å². The largest absolute Gasteiger partial charge is 0.352 e. The van der Waals surface area contributed by atoms with Crippen LogP contribution in [0.15, 0.2) is 66.7 Å². The van der Waals surface area contributed by atoms with Gasteiger partial charge in [-0.2, -0.15) is 5.10 Å². The Hall–Kier alpha value is -3.08. The van der Waals surface area contributed by atoms with Crippen LogP contribution < -0.4 is 4.90 Å². The zero-order chi connectivity index (χ0) is 18.6. The number of amides is 1. The maximum absolute atomic E-state index is 12.8. The van der Waals surface area contributed by atoms with Crippen molar-refractivity contribution in [3.63, 3.8) is 0 Å². The molecule has 1 aliphatic heterocycles. The van der Waals surface area contributed by atoms with Crippen LogP contribution in [-0.4, -0.2) is 47.2 Å². The van der Waals surface area contributed by atoms with Crippen molar-refractivity contribution in [2.45, 2.75) is 12.8 Å². The Morgan fingerprint density at radius 1 is 0.963 bits per heavy atom. The molecule has 1 fully saturated rings. The zero-order valence-electron chi connectivity index (χ0n) is 15.5. The standard InChI is InChI=1S/C22H24N4O/c1-17(18-8-4-2-5-9-18)22(27)26-14-12-25(13-15-26)21-16-20(23-24-21)19-10-6-3-7-11-19/h2-11,16-17H,12-15H2,1H3,(H,23,24)/t17-/m1/s1. The molecular formula is C22H24N4O. The average molecular weight is 360 g/mol. The molecule has 3 aromatic rings. The van der Waals surface area contributed by atoms with Crippen LogP contribution in [0, 0.1) is 0 Å². The van der Waals surface area contributed by atoms with Gasteiger partial charge in [-0.1, -0.05) is 60.7 Å². The number of aromatic amines is 1. The maximum atomic E-state index is 12.8. The van der Waals surface area contributed by atoms with Crippen LogP contribution in [0.5, 0.6) is 0 Å². The molecule has 5 nitrogen and oxygen atoms in total. The second-order valence-corrected chi connectivity index (χ2v) is 6.95. The van der Waals surface area contributed by atoms with E-state index in [0.29, 0.717) is 0 Å².